The van der Waals surface area contributed by atoms with E-state index in [-0.39, 0.29) is 17.8 Å². The van der Waals surface area contributed by atoms with Crippen molar-refractivity contribution in [2.75, 3.05) is 39.3 Å². The molecule has 1 saturated heterocycles. The SMILES string of the molecule is O=C(NCc1ccccc1)N1CCN(CCN(Cc2ccc(F)cc2)C(=O)c2cccs2)CC1. The summed E-state index contributed by atoms with van der Waals surface area (Å²) in [6.07, 6.45) is 0. The highest BCUT2D eigenvalue weighted by atomic mass is 32.1. The number of benzene rings is 2. The molecule has 0 spiro atoms. The minimum Gasteiger partial charge on any atom is -0.334 e. The van der Waals surface area contributed by atoms with E-state index in [1.54, 1.807) is 12.1 Å². The fraction of sp³-hybridized carbons (Fsp3) is 0.308. The standard InChI is InChI=1S/C26H29FN4O2S/c27-23-10-8-22(9-11-23)20-31(25(32)24-7-4-18-34-24)17-14-29-12-15-30(16-13-29)26(33)28-19-21-5-2-1-3-6-21/h1-11,18H,12-17,19-20H2,(H,28,33). The molecule has 0 unspecified atom stereocenters. The second-order valence-corrected chi connectivity index (χ2v) is 9.25. The highest BCUT2D eigenvalue weighted by Crippen LogP contribution is 2.15. The lowest BCUT2D eigenvalue weighted by Gasteiger charge is -2.35. The number of carbonyl (C=O) groups is 2. The van der Waals surface area contributed by atoms with Gasteiger partial charge in [0.05, 0.1) is 4.88 Å². The van der Waals surface area contributed by atoms with E-state index in [2.05, 4.69) is 10.2 Å². The van der Waals surface area contributed by atoms with E-state index >= 15 is 0 Å². The van der Waals surface area contributed by atoms with Crippen molar-refractivity contribution >= 4 is 23.3 Å². The van der Waals surface area contributed by atoms with Crippen molar-refractivity contribution in [3.05, 3.63) is 93.9 Å². The number of nitrogens with one attached hydrogen (secondary N) is 1. The van der Waals surface area contributed by atoms with Crippen molar-refractivity contribution in [2.24, 2.45) is 0 Å². The van der Waals surface area contributed by atoms with E-state index in [9.17, 15) is 14.0 Å². The summed E-state index contributed by atoms with van der Waals surface area (Å²) in [5.41, 5.74) is 1.97. The van der Waals surface area contributed by atoms with Crippen LogP contribution in [-0.4, -0.2) is 65.9 Å². The maximum atomic E-state index is 13.3. The largest absolute Gasteiger partial charge is 0.334 e. The molecule has 1 N–H and O–H groups in total. The molecule has 3 amide bonds. The first-order valence-corrected chi connectivity index (χ1v) is 12.3. The Bertz CT molecular complexity index is 1050. The monoisotopic (exact) mass is 480 g/mol. The molecule has 6 nitrogen and oxygen atoms in total. The Morgan fingerprint density at radius 3 is 2.32 bits per heavy atom. The Balaban J connectivity index is 1.27. The molecule has 1 fully saturated rings. The van der Waals surface area contributed by atoms with Gasteiger partial charge in [-0.1, -0.05) is 48.5 Å². The molecule has 0 atom stereocenters. The van der Waals surface area contributed by atoms with Gasteiger partial charge in [0.1, 0.15) is 5.82 Å². The number of nitrogens with zero attached hydrogens (tertiary/aromatic N) is 3. The normalized spacial score (nSPS) is 14.1. The summed E-state index contributed by atoms with van der Waals surface area (Å²) < 4.78 is 13.3. The van der Waals surface area contributed by atoms with Crippen molar-refractivity contribution in [2.45, 2.75) is 13.1 Å². The molecule has 3 aromatic rings. The second kappa shape index (κ2) is 11.8. The first-order valence-electron chi connectivity index (χ1n) is 11.4. The molecule has 8 heteroatoms. The minimum atomic E-state index is -0.287. The molecule has 0 bridgehead atoms. The third-order valence-electron chi connectivity index (χ3n) is 5.94. The zero-order chi connectivity index (χ0) is 23.8. The lowest BCUT2D eigenvalue weighted by molar-refractivity contribution is 0.0707. The molecule has 4 rings (SSSR count). The van der Waals surface area contributed by atoms with Crippen LogP contribution in [0.2, 0.25) is 0 Å². The average molecular weight is 481 g/mol. The van der Waals surface area contributed by atoms with E-state index in [4.69, 9.17) is 0 Å². The highest BCUT2D eigenvalue weighted by molar-refractivity contribution is 7.12. The van der Waals surface area contributed by atoms with Gasteiger partial charge in [-0.15, -0.1) is 11.3 Å². The quantitative estimate of drug-likeness (QED) is 0.529. The Morgan fingerprint density at radius 2 is 1.65 bits per heavy atom. The molecule has 0 aliphatic carbocycles. The van der Waals surface area contributed by atoms with Gasteiger partial charge in [-0.05, 0) is 34.7 Å². The van der Waals surface area contributed by atoms with E-state index in [0.717, 1.165) is 30.8 Å². The van der Waals surface area contributed by atoms with Crippen LogP contribution in [0.5, 0.6) is 0 Å². The molecular formula is C26H29FN4O2S. The number of rotatable bonds is 8. The Morgan fingerprint density at radius 1 is 0.912 bits per heavy atom. The molecule has 0 radical (unpaired) electrons. The maximum absolute atomic E-state index is 13.3. The lowest BCUT2D eigenvalue weighted by atomic mass is 10.2. The molecular weight excluding hydrogens is 451 g/mol. The maximum Gasteiger partial charge on any atom is 0.317 e. The number of hydrogen-bond donors (Lipinski definition) is 1. The van der Waals surface area contributed by atoms with Crippen LogP contribution in [0.4, 0.5) is 9.18 Å². The Labute approximate surface area is 203 Å². The van der Waals surface area contributed by atoms with Crippen LogP contribution in [0.3, 0.4) is 0 Å². The summed E-state index contributed by atoms with van der Waals surface area (Å²) in [6.45, 7) is 5.05. The molecule has 2 heterocycles. The van der Waals surface area contributed by atoms with Crippen LogP contribution in [-0.2, 0) is 13.1 Å². The number of carbonyl (C=O) groups excluding carboxylic acids is 2. The van der Waals surface area contributed by atoms with Crippen molar-refractivity contribution in [1.29, 1.82) is 0 Å². The molecule has 2 aromatic carbocycles. The first-order chi connectivity index (χ1) is 16.6. The molecule has 34 heavy (non-hydrogen) atoms. The van der Waals surface area contributed by atoms with Crippen LogP contribution in [0.25, 0.3) is 0 Å². The third-order valence-corrected chi connectivity index (χ3v) is 6.80. The highest BCUT2D eigenvalue weighted by Gasteiger charge is 2.23. The Kier molecular flexibility index (Phi) is 8.27. The Hall–Kier alpha value is -3.23. The number of thiophene rings is 1. The van der Waals surface area contributed by atoms with Gasteiger partial charge < -0.3 is 15.1 Å². The predicted molar refractivity (Wildman–Crippen MR) is 132 cm³/mol. The van der Waals surface area contributed by atoms with Gasteiger partial charge in [-0.2, -0.15) is 0 Å². The zero-order valence-corrected chi connectivity index (χ0v) is 19.8. The van der Waals surface area contributed by atoms with Crippen molar-refractivity contribution in [3.63, 3.8) is 0 Å². The zero-order valence-electron chi connectivity index (χ0n) is 19.0. The van der Waals surface area contributed by atoms with Gasteiger partial charge in [-0.25, -0.2) is 9.18 Å². The first kappa shape index (κ1) is 23.9. The fourth-order valence-corrected chi connectivity index (χ4v) is 4.63. The van der Waals surface area contributed by atoms with Crippen molar-refractivity contribution in [3.8, 4) is 0 Å². The molecule has 1 aliphatic rings. The lowest BCUT2D eigenvalue weighted by Crippen LogP contribution is -2.52. The van der Waals surface area contributed by atoms with Crippen LogP contribution in [0, 0.1) is 5.82 Å². The predicted octanol–water partition coefficient (Wildman–Crippen LogP) is 4.06. The summed E-state index contributed by atoms with van der Waals surface area (Å²) in [5.74, 6) is -0.302. The van der Waals surface area contributed by atoms with Gasteiger partial charge >= 0.3 is 6.03 Å². The van der Waals surface area contributed by atoms with Crippen LogP contribution >= 0.6 is 11.3 Å². The molecule has 1 aliphatic heterocycles. The topological polar surface area (TPSA) is 55.9 Å². The summed E-state index contributed by atoms with van der Waals surface area (Å²) in [5, 5.41) is 4.88. The van der Waals surface area contributed by atoms with E-state index < -0.39 is 0 Å². The van der Waals surface area contributed by atoms with Crippen molar-refractivity contribution in [1.82, 2.24) is 20.0 Å². The number of amides is 3. The van der Waals surface area contributed by atoms with Crippen LogP contribution in [0.15, 0.2) is 72.1 Å². The summed E-state index contributed by atoms with van der Waals surface area (Å²) in [6, 6.07) is 19.8. The van der Waals surface area contributed by atoms with Gasteiger partial charge in [0, 0.05) is 52.4 Å². The van der Waals surface area contributed by atoms with Crippen LogP contribution < -0.4 is 5.32 Å². The number of hydrogen-bond acceptors (Lipinski definition) is 4. The molecule has 178 valence electrons. The second-order valence-electron chi connectivity index (χ2n) is 8.30. The van der Waals surface area contributed by atoms with Gasteiger partial charge in [0.2, 0.25) is 0 Å². The van der Waals surface area contributed by atoms with E-state index in [1.807, 2.05) is 57.6 Å². The summed E-state index contributed by atoms with van der Waals surface area (Å²) >= 11 is 1.42. The summed E-state index contributed by atoms with van der Waals surface area (Å²) in [7, 11) is 0. The van der Waals surface area contributed by atoms with E-state index in [0.29, 0.717) is 37.6 Å². The third kappa shape index (κ3) is 6.65. The smallest absolute Gasteiger partial charge is 0.317 e. The number of urea groups is 1. The van der Waals surface area contributed by atoms with Gasteiger partial charge in [0.15, 0.2) is 0 Å². The fourth-order valence-electron chi connectivity index (χ4n) is 3.94. The average Bonchev–Trinajstić information content (AvgIpc) is 3.42. The molecule has 1 aromatic heterocycles. The minimum absolute atomic E-state index is 0.0155. The number of halogens is 1. The molecule has 0 saturated carbocycles. The van der Waals surface area contributed by atoms with Gasteiger partial charge in [-0.3, -0.25) is 9.69 Å². The van der Waals surface area contributed by atoms with Gasteiger partial charge in [0.25, 0.3) is 5.91 Å². The van der Waals surface area contributed by atoms with E-state index in [1.165, 1.54) is 23.5 Å². The van der Waals surface area contributed by atoms with Crippen LogP contribution in [0.1, 0.15) is 20.8 Å². The summed E-state index contributed by atoms with van der Waals surface area (Å²) in [4.78, 5) is 32.2. The number of piperazine rings is 1. The van der Waals surface area contributed by atoms with Crippen molar-refractivity contribution < 1.29 is 14.0 Å².